The summed E-state index contributed by atoms with van der Waals surface area (Å²) >= 11 is 0. The van der Waals surface area contributed by atoms with Crippen LogP contribution in [0.3, 0.4) is 0 Å². The van der Waals surface area contributed by atoms with Gasteiger partial charge < -0.3 is 10.6 Å². The van der Waals surface area contributed by atoms with Gasteiger partial charge in [0.15, 0.2) is 5.96 Å². The van der Waals surface area contributed by atoms with Crippen molar-refractivity contribution >= 4 is 5.96 Å². The summed E-state index contributed by atoms with van der Waals surface area (Å²) in [6.45, 7) is 6.39. The Labute approximate surface area is 178 Å². The third kappa shape index (κ3) is 4.37. The van der Waals surface area contributed by atoms with Crippen molar-refractivity contribution in [1.29, 1.82) is 0 Å². The molecule has 0 aliphatic heterocycles. The van der Waals surface area contributed by atoms with Gasteiger partial charge in [0, 0.05) is 37.1 Å². The SMILES string of the molecule is CCNC(=NCc1ccc(-n2ccnc2C)nc1)NCC1(c2ccccc2)CCC1. The zero-order valence-corrected chi connectivity index (χ0v) is 17.8. The molecule has 1 aliphatic carbocycles. The Balaban J connectivity index is 1.41. The van der Waals surface area contributed by atoms with Crippen molar-refractivity contribution in [3.05, 3.63) is 78.0 Å². The van der Waals surface area contributed by atoms with E-state index in [9.17, 15) is 0 Å². The lowest BCUT2D eigenvalue weighted by Gasteiger charge is -2.43. The summed E-state index contributed by atoms with van der Waals surface area (Å²) < 4.78 is 1.97. The van der Waals surface area contributed by atoms with Crippen LogP contribution >= 0.6 is 0 Å². The van der Waals surface area contributed by atoms with Gasteiger partial charge in [-0.3, -0.25) is 4.57 Å². The topological polar surface area (TPSA) is 67.1 Å². The summed E-state index contributed by atoms with van der Waals surface area (Å²) in [5.74, 6) is 2.65. The Morgan fingerprint density at radius 3 is 2.53 bits per heavy atom. The monoisotopic (exact) mass is 402 g/mol. The third-order valence-corrected chi connectivity index (χ3v) is 5.94. The predicted octanol–water partition coefficient (Wildman–Crippen LogP) is 3.75. The average molecular weight is 403 g/mol. The second-order valence-electron chi connectivity index (χ2n) is 7.92. The highest BCUT2D eigenvalue weighted by Crippen LogP contribution is 2.43. The van der Waals surface area contributed by atoms with E-state index in [2.05, 4.69) is 63.9 Å². The Hall–Kier alpha value is -3.15. The fourth-order valence-corrected chi connectivity index (χ4v) is 4.00. The summed E-state index contributed by atoms with van der Waals surface area (Å²) in [6, 6.07) is 14.9. The number of guanidine groups is 1. The van der Waals surface area contributed by atoms with E-state index >= 15 is 0 Å². The fourth-order valence-electron chi connectivity index (χ4n) is 4.00. The molecule has 0 amide bonds. The van der Waals surface area contributed by atoms with Crippen LogP contribution in [0.1, 0.15) is 43.1 Å². The van der Waals surface area contributed by atoms with Gasteiger partial charge in [-0.25, -0.2) is 15.0 Å². The Morgan fingerprint density at radius 2 is 1.93 bits per heavy atom. The lowest BCUT2D eigenvalue weighted by molar-refractivity contribution is 0.244. The smallest absolute Gasteiger partial charge is 0.191 e. The minimum Gasteiger partial charge on any atom is -0.357 e. The summed E-state index contributed by atoms with van der Waals surface area (Å²) in [5, 5.41) is 6.95. The van der Waals surface area contributed by atoms with Gasteiger partial charge >= 0.3 is 0 Å². The molecule has 4 rings (SSSR count). The van der Waals surface area contributed by atoms with E-state index < -0.39 is 0 Å². The summed E-state index contributed by atoms with van der Waals surface area (Å²) in [4.78, 5) is 13.6. The number of nitrogens with zero attached hydrogens (tertiary/aromatic N) is 4. The zero-order valence-electron chi connectivity index (χ0n) is 17.8. The summed E-state index contributed by atoms with van der Waals surface area (Å²) in [6.07, 6.45) is 9.34. The summed E-state index contributed by atoms with van der Waals surface area (Å²) in [7, 11) is 0. The molecule has 2 N–H and O–H groups in total. The van der Waals surface area contributed by atoms with Gasteiger partial charge in [0.05, 0.1) is 6.54 Å². The van der Waals surface area contributed by atoms with Crippen LogP contribution in [0.4, 0.5) is 0 Å². The number of aliphatic imine (C=N–C) groups is 1. The normalized spacial score (nSPS) is 15.5. The van der Waals surface area contributed by atoms with E-state index in [-0.39, 0.29) is 5.41 Å². The molecule has 1 fully saturated rings. The molecule has 6 heteroatoms. The molecule has 0 bridgehead atoms. The van der Waals surface area contributed by atoms with Crippen LogP contribution in [0, 0.1) is 6.92 Å². The quantitative estimate of drug-likeness (QED) is 0.467. The molecule has 0 saturated heterocycles. The Bertz CT molecular complexity index is 970. The summed E-state index contributed by atoms with van der Waals surface area (Å²) in [5.41, 5.74) is 2.73. The van der Waals surface area contributed by atoms with E-state index in [4.69, 9.17) is 4.99 Å². The number of hydrogen-bond donors (Lipinski definition) is 2. The van der Waals surface area contributed by atoms with Crippen molar-refractivity contribution in [2.75, 3.05) is 13.1 Å². The molecule has 1 saturated carbocycles. The molecule has 2 heterocycles. The molecule has 2 aromatic heterocycles. The molecule has 6 nitrogen and oxygen atoms in total. The van der Waals surface area contributed by atoms with Crippen molar-refractivity contribution in [1.82, 2.24) is 25.2 Å². The van der Waals surface area contributed by atoms with Crippen molar-refractivity contribution in [3.8, 4) is 5.82 Å². The number of pyridine rings is 1. The van der Waals surface area contributed by atoms with Gasteiger partial charge in [-0.05, 0) is 43.9 Å². The average Bonchev–Trinajstić information content (AvgIpc) is 3.18. The molecule has 0 radical (unpaired) electrons. The van der Waals surface area contributed by atoms with Gasteiger partial charge in [-0.1, -0.05) is 42.8 Å². The number of rotatable bonds is 7. The first-order chi connectivity index (χ1) is 14.7. The second kappa shape index (κ2) is 9.11. The highest BCUT2D eigenvalue weighted by atomic mass is 15.2. The van der Waals surface area contributed by atoms with E-state index in [1.807, 2.05) is 30.0 Å². The van der Waals surface area contributed by atoms with Crippen LogP contribution < -0.4 is 10.6 Å². The van der Waals surface area contributed by atoms with Crippen molar-refractivity contribution < 1.29 is 0 Å². The Morgan fingerprint density at radius 1 is 1.10 bits per heavy atom. The van der Waals surface area contributed by atoms with Crippen LogP contribution in [-0.4, -0.2) is 33.6 Å². The number of nitrogens with one attached hydrogen (secondary N) is 2. The molecule has 0 spiro atoms. The second-order valence-corrected chi connectivity index (χ2v) is 7.92. The van der Waals surface area contributed by atoms with E-state index in [0.29, 0.717) is 6.54 Å². The van der Waals surface area contributed by atoms with Gasteiger partial charge in [-0.15, -0.1) is 0 Å². The van der Waals surface area contributed by atoms with Gasteiger partial charge in [-0.2, -0.15) is 0 Å². The van der Waals surface area contributed by atoms with Gasteiger partial charge in [0.2, 0.25) is 0 Å². The minimum absolute atomic E-state index is 0.226. The number of hydrogen-bond acceptors (Lipinski definition) is 3. The predicted molar refractivity (Wildman–Crippen MR) is 121 cm³/mol. The first kappa shape index (κ1) is 20.1. The van der Waals surface area contributed by atoms with Crippen LogP contribution in [0.15, 0.2) is 66.0 Å². The minimum atomic E-state index is 0.226. The lowest BCUT2D eigenvalue weighted by Crippen LogP contribution is -2.48. The maximum absolute atomic E-state index is 4.78. The van der Waals surface area contributed by atoms with Crippen LogP contribution in [0.2, 0.25) is 0 Å². The van der Waals surface area contributed by atoms with Crippen molar-refractivity contribution in [2.24, 2.45) is 4.99 Å². The number of benzene rings is 1. The molecular formula is C24H30N6. The molecule has 1 aliphatic rings. The van der Waals surface area contributed by atoms with Crippen molar-refractivity contribution in [3.63, 3.8) is 0 Å². The van der Waals surface area contributed by atoms with Gasteiger partial charge in [0.1, 0.15) is 11.6 Å². The largest absolute Gasteiger partial charge is 0.357 e. The molecule has 0 atom stereocenters. The van der Waals surface area contributed by atoms with Gasteiger partial charge in [0.25, 0.3) is 0 Å². The van der Waals surface area contributed by atoms with E-state index in [1.165, 1.54) is 24.8 Å². The third-order valence-electron chi connectivity index (χ3n) is 5.94. The maximum Gasteiger partial charge on any atom is 0.191 e. The molecular weight excluding hydrogens is 372 g/mol. The first-order valence-corrected chi connectivity index (χ1v) is 10.7. The standard InChI is InChI=1S/C24H30N6/c1-3-25-23(29-18-24(12-7-13-24)21-8-5-4-6-9-21)28-17-20-10-11-22(27-16-20)30-15-14-26-19(30)2/h4-6,8-11,14-16H,3,7,12-13,17-18H2,1-2H3,(H2,25,28,29). The number of aryl methyl sites for hydroxylation is 1. The number of imidazole rings is 1. The molecule has 156 valence electrons. The zero-order chi connectivity index (χ0) is 20.8. The maximum atomic E-state index is 4.78. The molecule has 3 aromatic rings. The van der Waals surface area contributed by atoms with Crippen LogP contribution in [-0.2, 0) is 12.0 Å². The molecule has 0 unspecified atom stereocenters. The highest BCUT2D eigenvalue weighted by Gasteiger charge is 2.38. The highest BCUT2D eigenvalue weighted by molar-refractivity contribution is 5.79. The fraction of sp³-hybridized carbons (Fsp3) is 0.375. The first-order valence-electron chi connectivity index (χ1n) is 10.7. The van der Waals surface area contributed by atoms with E-state index in [0.717, 1.165) is 36.3 Å². The van der Waals surface area contributed by atoms with Crippen molar-refractivity contribution in [2.45, 2.75) is 45.1 Å². The van der Waals surface area contributed by atoms with Crippen LogP contribution in [0.25, 0.3) is 5.82 Å². The Kier molecular flexibility index (Phi) is 6.12. The van der Waals surface area contributed by atoms with E-state index in [1.54, 1.807) is 6.20 Å². The lowest BCUT2D eigenvalue weighted by atomic mass is 9.64. The number of aromatic nitrogens is 3. The molecule has 1 aromatic carbocycles. The molecule has 30 heavy (non-hydrogen) atoms. The van der Waals surface area contributed by atoms with Crippen LogP contribution in [0.5, 0.6) is 0 Å².